The molecule has 0 spiro atoms. The van der Waals surface area contributed by atoms with E-state index in [9.17, 15) is 0 Å². The van der Waals surface area contributed by atoms with Crippen molar-refractivity contribution in [1.82, 2.24) is 0 Å². The lowest BCUT2D eigenvalue weighted by Crippen LogP contribution is -2.03. The molecule has 0 saturated heterocycles. The van der Waals surface area contributed by atoms with Crippen LogP contribution >= 0.6 is 8.60 Å². The van der Waals surface area contributed by atoms with Gasteiger partial charge >= 0.3 is 8.60 Å². The van der Waals surface area contributed by atoms with Gasteiger partial charge in [-0.25, -0.2) is 0 Å². The van der Waals surface area contributed by atoms with Crippen molar-refractivity contribution in [2.24, 2.45) is 0 Å². The van der Waals surface area contributed by atoms with Gasteiger partial charge < -0.3 is 28.9 Å². The summed E-state index contributed by atoms with van der Waals surface area (Å²) in [5.74, 6) is 1.91. The summed E-state index contributed by atoms with van der Waals surface area (Å²) >= 11 is 0. The summed E-state index contributed by atoms with van der Waals surface area (Å²) in [6, 6.07) is 23.1. The molecule has 182 valence electrons. The van der Waals surface area contributed by atoms with E-state index < -0.39 is 8.60 Å². The number of aliphatic hydroxyl groups is 3. The Labute approximate surface area is 202 Å². The van der Waals surface area contributed by atoms with Crippen LogP contribution in [0.15, 0.2) is 72.8 Å². The van der Waals surface area contributed by atoms with E-state index in [1.807, 2.05) is 72.8 Å². The normalized spacial score (nSPS) is 10.9. The van der Waals surface area contributed by atoms with E-state index in [1.54, 1.807) is 0 Å². The second-order valence-electron chi connectivity index (χ2n) is 7.91. The zero-order chi connectivity index (χ0) is 24.0. The van der Waals surface area contributed by atoms with Crippen molar-refractivity contribution in [3.05, 3.63) is 89.5 Å². The second kappa shape index (κ2) is 14.6. The van der Waals surface area contributed by atoms with Crippen LogP contribution in [0.1, 0.15) is 36.0 Å². The number of hydrogen-bond acceptors (Lipinski definition) is 6. The molecule has 0 aromatic heterocycles. The molecule has 6 nitrogen and oxygen atoms in total. The average molecular weight is 485 g/mol. The Balaban J connectivity index is 1.69. The first kappa shape index (κ1) is 26.0. The lowest BCUT2D eigenvalue weighted by Gasteiger charge is -2.18. The van der Waals surface area contributed by atoms with Crippen LogP contribution in [0.4, 0.5) is 0 Å². The van der Waals surface area contributed by atoms with Gasteiger partial charge in [-0.1, -0.05) is 36.4 Å². The average Bonchev–Trinajstić information content (AvgIpc) is 2.87. The van der Waals surface area contributed by atoms with Crippen molar-refractivity contribution >= 4 is 8.60 Å². The standard InChI is InChI=1S/C27H33O6P/c28-19-1-4-22-7-13-25(14-8-22)31-34(32-26-15-9-23(10-16-26)5-2-20-29)33-27-17-11-24(12-18-27)6-3-21-30/h7-18,28-30H,1-6,19-21H2. The molecule has 0 atom stereocenters. The maximum absolute atomic E-state index is 9.02. The minimum atomic E-state index is -1.77. The highest BCUT2D eigenvalue weighted by atomic mass is 31.2. The fourth-order valence-corrected chi connectivity index (χ4v) is 4.31. The van der Waals surface area contributed by atoms with Crippen LogP contribution in [0.5, 0.6) is 17.2 Å². The van der Waals surface area contributed by atoms with Crippen LogP contribution < -0.4 is 13.6 Å². The Kier molecular flexibility index (Phi) is 11.2. The van der Waals surface area contributed by atoms with Gasteiger partial charge in [0.05, 0.1) is 0 Å². The molecule has 0 heterocycles. The largest absolute Gasteiger partial charge is 0.530 e. The SMILES string of the molecule is OCCCc1ccc(OP(Oc2ccc(CCCO)cc2)Oc2ccc(CCCO)cc2)cc1. The smallest absolute Gasteiger partial charge is 0.409 e. The molecule has 0 fully saturated rings. The van der Waals surface area contributed by atoms with Crippen LogP contribution in [0, 0.1) is 0 Å². The van der Waals surface area contributed by atoms with Crippen molar-refractivity contribution < 1.29 is 28.9 Å². The molecular weight excluding hydrogens is 451 g/mol. The van der Waals surface area contributed by atoms with E-state index in [0.717, 1.165) is 55.2 Å². The van der Waals surface area contributed by atoms with Crippen molar-refractivity contribution in [1.29, 1.82) is 0 Å². The summed E-state index contributed by atoms with van der Waals surface area (Å²) in [5.41, 5.74) is 3.39. The molecule has 0 bridgehead atoms. The number of hydrogen-bond donors (Lipinski definition) is 3. The maximum atomic E-state index is 9.02. The van der Waals surface area contributed by atoms with Gasteiger partial charge in [-0.2, -0.15) is 0 Å². The third kappa shape index (κ3) is 8.96. The Morgan fingerprint density at radius 1 is 0.441 bits per heavy atom. The van der Waals surface area contributed by atoms with Crippen molar-refractivity contribution in [3.8, 4) is 17.2 Å². The number of rotatable bonds is 15. The van der Waals surface area contributed by atoms with E-state index in [1.165, 1.54) is 0 Å². The molecule has 0 aliphatic rings. The topological polar surface area (TPSA) is 88.4 Å². The maximum Gasteiger partial charge on any atom is 0.530 e. The van der Waals surface area contributed by atoms with Gasteiger partial charge in [0.1, 0.15) is 17.2 Å². The highest BCUT2D eigenvalue weighted by Crippen LogP contribution is 2.42. The summed E-state index contributed by atoms with van der Waals surface area (Å²) in [4.78, 5) is 0. The zero-order valence-electron chi connectivity index (χ0n) is 19.3. The Bertz CT molecular complexity index is 817. The van der Waals surface area contributed by atoms with Crippen molar-refractivity contribution in [2.45, 2.75) is 38.5 Å². The van der Waals surface area contributed by atoms with Gasteiger partial charge in [0.25, 0.3) is 0 Å². The van der Waals surface area contributed by atoms with Crippen LogP contribution in [0.3, 0.4) is 0 Å². The van der Waals surface area contributed by atoms with Gasteiger partial charge in [0.15, 0.2) is 0 Å². The fourth-order valence-electron chi connectivity index (χ4n) is 3.31. The first-order valence-electron chi connectivity index (χ1n) is 11.6. The van der Waals surface area contributed by atoms with Gasteiger partial charge in [-0.15, -0.1) is 0 Å². The molecule has 3 rings (SSSR count). The lowest BCUT2D eigenvalue weighted by atomic mass is 10.1. The molecule has 0 aliphatic heterocycles. The third-order valence-corrected chi connectivity index (χ3v) is 6.26. The number of aliphatic hydroxyl groups excluding tert-OH is 3. The predicted octanol–water partition coefficient (Wildman–Crippen LogP) is 5.23. The Morgan fingerprint density at radius 3 is 0.941 bits per heavy atom. The van der Waals surface area contributed by atoms with E-state index in [4.69, 9.17) is 28.9 Å². The molecule has 3 aromatic carbocycles. The first-order valence-corrected chi connectivity index (χ1v) is 12.7. The monoisotopic (exact) mass is 484 g/mol. The molecule has 0 aliphatic carbocycles. The summed E-state index contributed by atoms with van der Waals surface area (Å²) < 4.78 is 18.2. The van der Waals surface area contributed by atoms with E-state index in [0.29, 0.717) is 17.2 Å². The highest BCUT2D eigenvalue weighted by Gasteiger charge is 2.20. The summed E-state index contributed by atoms with van der Waals surface area (Å²) in [7, 11) is -1.77. The highest BCUT2D eigenvalue weighted by molar-refractivity contribution is 7.43. The lowest BCUT2D eigenvalue weighted by molar-refractivity contribution is 0.288. The van der Waals surface area contributed by atoms with E-state index in [2.05, 4.69) is 0 Å². The van der Waals surface area contributed by atoms with Crippen LogP contribution in [0.2, 0.25) is 0 Å². The van der Waals surface area contributed by atoms with E-state index in [-0.39, 0.29) is 19.8 Å². The molecule has 7 heteroatoms. The molecule has 3 aromatic rings. The van der Waals surface area contributed by atoms with Crippen LogP contribution in [0.25, 0.3) is 0 Å². The van der Waals surface area contributed by atoms with Crippen molar-refractivity contribution in [3.63, 3.8) is 0 Å². The van der Waals surface area contributed by atoms with Crippen LogP contribution in [-0.2, 0) is 19.3 Å². The molecule has 0 saturated carbocycles. The van der Waals surface area contributed by atoms with Gasteiger partial charge in [-0.3, -0.25) is 0 Å². The minimum absolute atomic E-state index is 0.169. The first-order chi connectivity index (χ1) is 16.7. The molecule has 0 radical (unpaired) electrons. The molecule has 34 heavy (non-hydrogen) atoms. The summed E-state index contributed by atoms with van der Waals surface area (Å²) in [6.07, 6.45) is 4.60. The second-order valence-corrected chi connectivity index (χ2v) is 8.91. The Morgan fingerprint density at radius 2 is 0.706 bits per heavy atom. The quantitative estimate of drug-likeness (QED) is 0.256. The van der Waals surface area contributed by atoms with Gasteiger partial charge in [0, 0.05) is 19.8 Å². The van der Waals surface area contributed by atoms with Crippen molar-refractivity contribution in [2.75, 3.05) is 19.8 Å². The third-order valence-electron chi connectivity index (χ3n) is 5.18. The number of benzene rings is 3. The fraction of sp³-hybridized carbons (Fsp3) is 0.333. The predicted molar refractivity (Wildman–Crippen MR) is 134 cm³/mol. The van der Waals surface area contributed by atoms with Gasteiger partial charge in [0.2, 0.25) is 0 Å². The zero-order valence-corrected chi connectivity index (χ0v) is 20.2. The minimum Gasteiger partial charge on any atom is -0.409 e. The van der Waals surface area contributed by atoms with Gasteiger partial charge in [-0.05, 0) is 91.6 Å². The molecular formula is C27H33O6P. The molecule has 0 amide bonds. The number of aryl methyl sites for hydroxylation is 3. The molecule has 0 unspecified atom stereocenters. The van der Waals surface area contributed by atoms with Crippen LogP contribution in [-0.4, -0.2) is 35.1 Å². The summed E-state index contributed by atoms with van der Waals surface area (Å²) in [6.45, 7) is 0.508. The molecule has 3 N–H and O–H groups in total. The Hall–Kier alpha value is -2.63. The van der Waals surface area contributed by atoms with E-state index >= 15 is 0 Å². The summed E-state index contributed by atoms with van der Waals surface area (Å²) in [5, 5.41) is 27.1.